The topological polar surface area (TPSA) is 60.1 Å². The fourth-order valence-corrected chi connectivity index (χ4v) is 2.68. The predicted octanol–water partition coefficient (Wildman–Crippen LogP) is 1.23. The van der Waals surface area contributed by atoms with Crippen LogP contribution >= 0.6 is 0 Å². The van der Waals surface area contributed by atoms with E-state index in [-0.39, 0.29) is 17.6 Å². The highest BCUT2D eigenvalue weighted by Crippen LogP contribution is 2.45. The van der Waals surface area contributed by atoms with Gasteiger partial charge in [0.1, 0.15) is 0 Å². The van der Waals surface area contributed by atoms with Gasteiger partial charge in [0.2, 0.25) is 0 Å². The van der Waals surface area contributed by atoms with Crippen molar-refractivity contribution in [3.05, 3.63) is 0 Å². The average molecular weight is 269 g/mol. The maximum Gasteiger partial charge on any atom is 0.191 e. The van der Waals surface area contributed by atoms with Gasteiger partial charge in [-0.2, -0.15) is 0 Å². The first-order valence-corrected chi connectivity index (χ1v) is 7.22. The zero-order valence-electron chi connectivity index (χ0n) is 12.6. The molecule has 0 aromatic rings. The second-order valence-corrected chi connectivity index (χ2v) is 6.33. The lowest BCUT2D eigenvalue weighted by molar-refractivity contribution is -0.129. The van der Waals surface area contributed by atoms with Crippen LogP contribution in [0.15, 0.2) is 4.99 Å². The fourth-order valence-electron chi connectivity index (χ4n) is 2.68. The SMILES string of the molecule is CC(C)OC1CC(N=C(N)N2CCOCC2)C1(C)C. The first kappa shape index (κ1) is 14.6. The smallest absolute Gasteiger partial charge is 0.191 e. The van der Waals surface area contributed by atoms with E-state index in [0.29, 0.717) is 12.1 Å². The van der Waals surface area contributed by atoms with Crippen molar-refractivity contribution in [1.29, 1.82) is 0 Å². The molecule has 1 heterocycles. The Kier molecular flexibility index (Phi) is 4.36. The van der Waals surface area contributed by atoms with Crippen molar-refractivity contribution >= 4 is 5.96 Å². The Labute approximate surface area is 116 Å². The molecule has 2 atom stereocenters. The van der Waals surface area contributed by atoms with Crippen LogP contribution in [0.25, 0.3) is 0 Å². The summed E-state index contributed by atoms with van der Waals surface area (Å²) < 4.78 is 11.2. The van der Waals surface area contributed by atoms with Crippen molar-refractivity contribution in [3.63, 3.8) is 0 Å². The molecule has 0 aromatic heterocycles. The van der Waals surface area contributed by atoms with Crippen LogP contribution in [-0.4, -0.2) is 55.4 Å². The molecule has 0 amide bonds. The van der Waals surface area contributed by atoms with Gasteiger partial charge in [-0.05, 0) is 20.3 Å². The lowest BCUT2D eigenvalue weighted by atomic mass is 9.64. The van der Waals surface area contributed by atoms with E-state index in [0.717, 1.165) is 32.7 Å². The summed E-state index contributed by atoms with van der Waals surface area (Å²) in [4.78, 5) is 6.81. The van der Waals surface area contributed by atoms with E-state index in [9.17, 15) is 0 Å². The van der Waals surface area contributed by atoms with Crippen LogP contribution in [-0.2, 0) is 9.47 Å². The molecule has 0 radical (unpaired) electrons. The molecule has 1 aliphatic carbocycles. The Morgan fingerprint density at radius 3 is 2.53 bits per heavy atom. The molecule has 19 heavy (non-hydrogen) atoms. The largest absolute Gasteiger partial charge is 0.378 e. The molecule has 2 aliphatic rings. The Bertz CT molecular complexity index is 336. The molecule has 0 aromatic carbocycles. The van der Waals surface area contributed by atoms with Crippen molar-refractivity contribution in [2.24, 2.45) is 16.1 Å². The summed E-state index contributed by atoms with van der Waals surface area (Å²) in [6.07, 6.45) is 1.53. The van der Waals surface area contributed by atoms with Crippen LogP contribution < -0.4 is 5.73 Å². The van der Waals surface area contributed by atoms with E-state index in [1.807, 2.05) is 0 Å². The number of nitrogens with zero attached hydrogens (tertiary/aromatic N) is 2. The van der Waals surface area contributed by atoms with Crippen molar-refractivity contribution in [3.8, 4) is 0 Å². The van der Waals surface area contributed by atoms with Crippen LogP contribution in [0.1, 0.15) is 34.1 Å². The van der Waals surface area contributed by atoms with Gasteiger partial charge in [-0.15, -0.1) is 0 Å². The molecule has 2 N–H and O–H groups in total. The van der Waals surface area contributed by atoms with Gasteiger partial charge in [-0.1, -0.05) is 13.8 Å². The second kappa shape index (κ2) is 5.67. The van der Waals surface area contributed by atoms with Crippen molar-refractivity contribution < 1.29 is 9.47 Å². The van der Waals surface area contributed by atoms with Gasteiger partial charge in [0, 0.05) is 18.5 Å². The second-order valence-electron chi connectivity index (χ2n) is 6.33. The number of rotatable bonds is 3. The lowest BCUT2D eigenvalue weighted by Gasteiger charge is -2.50. The predicted molar refractivity (Wildman–Crippen MR) is 76.2 cm³/mol. The monoisotopic (exact) mass is 269 g/mol. The fraction of sp³-hybridized carbons (Fsp3) is 0.929. The third-order valence-corrected chi connectivity index (χ3v) is 4.19. The summed E-state index contributed by atoms with van der Waals surface area (Å²) in [5.74, 6) is 0.657. The van der Waals surface area contributed by atoms with Gasteiger partial charge in [-0.3, -0.25) is 0 Å². The number of guanidine groups is 1. The average Bonchev–Trinajstić information content (AvgIpc) is 2.38. The summed E-state index contributed by atoms with van der Waals surface area (Å²) in [6, 6.07) is 0.263. The van der Waals surface area contributed by atoms with Gasteiger partial charge in [0.15, 0.2) is 5.96 Å². The Hall–Kier alpha value is -0.810. The van der Waals surface area contributed by atoms with Crippen LogP contribution in [0.5, 0.6) is 0 Å². The quantitative estimate of drug-likeness (QED) is 0.618. The summed E-state index contributed by atoms with van der Waals surface area (Å²) in [5.41, 5.74) is 6.18. The maximum atomic E-state index is 6.11. The van der Waals surface area contributed by atoms with Gasteiger partial charge < -0.3 is 20.1 Å². The molecular weight excluding hydrogens is 242 g/mol. The van der Waals surface area contributed by atoms with Crippen LogP contribution in [0.2, 0.25) is 0 Å². The minimum atomic E-state index is 0.0706. The molecule has 2 unspecified atom stereocenters. The molecule has 0 bridgehead atoms. The molecule has 5 nitrogen and oxygen atoms in total. The Morgan fingerprint density at radius 1 is 1.37 bits per heavy atom. The van der Waals surface area contributed by atoms with E-state index >= 15 is 0 Å². The number of nitrogens with two attached hydrogens (primary N) is 1. The first-order chi connectivity index (χ1) is 8.91. The zero-order chi connectivity index (χ0) is 14.0. The molecule has 0 spiro atoms. The summed E-state index contributed by atoms with van der Waals surface area (Å²) in [6.45, 7) is 11.7. The Morgan fingerprint density at radius 2 is 2.00 bits per heavy atom. The van der Waals surface area contributed by atoms with Crippen LogP contribution in [0.4, 0.5) is 0 Å². The molecule has 2 rings (SSSR count). The first-order valence-electron chi connectivity index (χ1n) is 7.22. The lowest BCUT2D eigenvalue weighted by Crippen LogP contribution is -2.56. The molecular formula is C14H27N3O2. The highest BCUT2D eigenvalue weighted by molar-refractivity contribution is 5.78. The minimum Gasteiger partial charge on any atom is -0.378 e. The minimum absolute atomic E-state index is 0.0706. The standard InChI is InChI=1S/C14H27N3O2/c1-10(2)19-12-9-11(14(12,3)4)16-13(15)17-5-7-18-8-6-17/h10-12H,5-9H2,1-4H3,(H2,15,16). The van der Waals surface area contributed by atoms with Gasteiger partial charge in [-0.25, -0.2) is 4.99 Å². The summed E-state index contributed by atoms with van der Waals surface area (Å²) in [5, 5.41) is 0. The third-order valence-electron chi connectivity index (χ3n) is 4.19. The third kappa shape index (κ3) is 3.20. The van der Waals surface area contributed by atoms with Crippen molar-refractivity contribution in [2.45, 2.75) is 52.4 Å². The van der Waals surface area contributed by atoms with Gasteiger partial charge >= 0.3 is 0 Å². The van der Waals surface area contributed by atoms with Crippen molar-refractivity contribution in [2.75, 3.05) is 26.3 Å². The van der Waals surface area contributed by atoms with E-state index in [4.69, 9.17) is 20.2 Å². The van der Waals surface area contributed by atoms with Crippen LogP contribution in [0.3, 0.4) is 0 Å². The molecule has 1 saturated carbocycles. The van der Waals surface area contributed by atoms with E-state index in [2.05, 4.69) is 32.6 Å². The zero-order valence-corrected chi connectivity index (χ0v) is 12.6. The summed E-state index contributed by atoms with van der Waals surface area (Å²) >= 11 is 0. The van der Waals surface area contributed by atoms with Gasteiger partial charge in [0.05, 0.1) is 31.5 Å². The number of hydrogen-bond acceptors (Lipinski definition) is 3. The van der Waals surface area contributed by atoms with Crippen molar-refractivity contribution in [1.82, 2.24) is 4.90 Å². The molecule has 1 saturated heterocycles. The number of morpholine rings is 1. The highest BCUT2D eigenvalue weighted by atomic mass is 16.5. The van der Waals surface area contributed by atoms with Crippen LogP contribution in [0, 0.1) is 5.41 Å². The number of hydrogen-bond donors (Lipinski definition) is 1. The molecule has 2 fully saturated rings. The molecule has 1 aliphatic heterocycles. The molecule has 110 valence electrons. The number of ether oxygens (including phenoxy) is 2. The highest BCUT2D eigenvalue weighted by Gasteiger charge is 2.49. The maximum absolute atomic E-state index is 6.11. The van der Waals surface area contributed by atoms with E-state index < -0.39 is 0 Å². The van der Waals surface area contributed by atoms with E-state index in [1.165, 1.54) is 0 Å². The number of aliphatic imine (C=N–C) groups is 1. The van der Waals surface area contributed by atoms with E-state index in [1.54, 1.807) is 0 Å². The molecule has 5 heteroatoms. The van der Waals surface area contributed by atoms with Gasteiger partial charge in [0.25, 0.3) is 0 Å². The Balaban J connectivity index is 1.92. The summed E-state index contributed by atoms with van der Waals surface area (Å²) in [7, 11) is 0. The normalized spacial score (nSPS) is 31.4.